The summed E-state index contributed by atoms with van der Waals surface area (Å²) < 4.78 is 24.7. The average molecular weight is 409 g/mol. The Bertz CT molecular complexity index is 613. The van der Waals surface area contributed by atoms with Crippen LogP contribution in [-0.4, -0.2) is 50.7 Å². The Balaban J connectivity index is 2.26. The predicted molar refractivity (Wildman–Crippen MR) is 114 cm³/mol. The highest BCUT2D eigenvalue weighted by molar-refractivity contribution is 6.74. The first kappa shape index (κ1) is 23.3. The van der Waals surface area contributed by atoms with Crippen LogP contribution in [0.1, 0.15) is 33.3 Å². The summed E-state index contributed by atoms with van der Waals surface area (Å²) in [6, 6.07) is 9.93. The number of aliphatic hydroxyl groups excluding tert-OH is 1. The summed E-state index contributed by atoms with van der Waals surface area (Å²) in [5.41, 5.74) is 1.04. The summed E-state index contributed by atoms with van der Waals surface area (Å²) in [6.45, 7) is 17.2. The molecule has 1 aromatic carbocycles. The molecule has 1 N–H and O–H groups in total. The Kier molecular flexibility index (Phi) is 8.02. The molecule has 1 aliphatic rings. The van der Waals surface area contributed by atoms with E-state index < -0.39 is 39.0 Å². The zero-order valence-corrected chi connectivity index (χ0v) is 19.1. The van der Waals surface area contributed by atoms with E-state index in [1.165, 1.54) is 0 Å². The van der Waals surface area contributed by atoms with E-state index >= 15 is 0 Å². The fraction of sp³-hybridized carbons (Fsp3) is 0.636. The van der Waals surface area contributed by atoms with Gasteiger partial charge in [0, 0.05) is 0 Å². The van der Waals surface area contributed by atoms with Crippen LogP contribution in [0.4, 0.5) is 0 Å². The van der Waals surface area contributed by atoms with Crippen molar-refractivity contribution >= 4 is 8.32 Å². The third-order valence-electron chi connectivity index (χ3n) is 5.66. The van der Waals surface area contributed by atoms with Crippen molar-refractivity contribution in [2.75, 3.05) is 6.61 Å². The molecule has 0 amide bonds. The Labute approximate surface area is 170 Å². The minimum atomic E-state index is -2.15. The molecule has 1 aromatic rings. The van der Waals surface area contributed by atoms with Gasteiger partial charge < -0.3 is 23.7 Å². The second-order valence-corrected chi connectivity index (χ2v) is 13.7. The highest BCUT2D eigenvalue weighted by Crippen LogP contribution is 2.40. The maximum Gasteiger partial charge on any atom is 0.192 e. The number of aliphatic hydroxyl groups is 1. The van der Waals surface area contributed by atoms with E-state index in [2.05, 4.69) is 40.4 Å². The molecule has 0 saturated carbocycles. The van der Waals surface area contributed by atoms with Gasteiger partial charge in [-0.25, -0.2) is 0 Å². The molecule has 3 unspecified atom stereocenters. The number of hydrogen-bond acceptors (Lipinski definition) is 5. The van der Waals surface area contributed by atoms with Crippen molar-refractivity contribution < 1.29 is 23.7 Å². The molecule has 0 aromatic heterocycles. The van der Waals surface area contributed by atoms with Gasteiger partial charge in [-0.3, -0.25) is 0 Å². The van der Waals surface area contributed by atoms with Crippen LogP contribution in [0.15, 0.2) is 43.0 Å². The van der Waals surface area contributed by atoms with Crippen LogP contribution in [0.5, 0.6) is 0 Å². The summed E-state index contributed by atoms with van der Waals surface area (Å²) >= 11 is 0. The SMILES string of the molecule is C=CCO[C@H]1OC(C)[C@H](O)C(OCc2ccccc2)C1O[Si](C)(C)C(C)(C)C. The lowest BCUT2D eigenvalue weighted by molar-refractivity contribution is -0.295. The molecule has 1 saturated heterocycles. The molecule has 28 heavy (non-hydrogen) atoms. The van der Waals surface area contributed by atoms with Crippen LogP contribution in [-0.2, 0) is 25.2 Å². The Hall–Kier alpha value is -1.02. The molecule has 158 valence electrons. The molecule has 0 radical (unpaired) electrons. The molecule has 5 atom stereocenters. The van der Waals surface area contributed by atoms with Crippen LogP contribution >= 0.6 is 0 Å². The van der Waals surface area contributed by atoms with Gasteiger partial charge in [0.25, 0.3) is 0 Å². The van der Waals surface area contributed by atoms with Crippen molar-refractivity contribution in [1.82, 2.24) is 0 Å². The van der Waals surface area contributed by atoms with Crippen molar-refractivity contribution in [3.63, 3.8) is 0 Å². The highest BCUT2D eigenvalue weighted by atomic mass is 28.4. The Morgan fingerprint density at radius 2 is 1.79 bits per heavy atom. The third-order valence-corrected chi connectivity index (χ3v) is 10.1. The second-order valence-electron chi connectivity index (χ2n) is 8.93. The van der Waals surface area contributed by atoms with Crippen LogP contribution in [0, 0.1) is 0 Å². The van der Waals surface area contributed by atoms with Crippen molar-refractivity contribution in [3.05, 3.63) is 48.6 Å². The summed E-state index contributed by atoms with van der Waals surface area (Å²) in [5.74, 6) is 0. The zero-order valence-electron chi connectivity index (χ0n) is 18.1. The molecule has 5 nitrogen and oxygen atoms in total. The van der Waals surface area contributed by atoms with Gasteiger partial charge in [0.15, 0.2) is 14.6 Å². The lowest BCUT2D eigenvalue weighted by atomic mass is 9.99. The molecule has 0 spiro atoms. The van der Waals surface area contributed by atoms with E-state index in [1.807, 2.05) is 37.3 Å². The van der Waals surface area contributed by atoms with Gasteiger partial charge >= 0.3 is 0 Å². The van der Waals surface area contributed by atoms with E-state index in [0.717, 1.165) is 5.56 Å². The molecule has 0 aliphatic carbocycles. The summed E-state index contributed by atoms with van der Waals surface area (Å²) in [5, 5.41) is 10.8. The monoisotopic (exact) mass is 408 g/mol. The molecule has 1 heterocycles. The topological polar surface area (TPSA) is 57.2 Å². The van der Waals surface area contributed by atoms with Crippen LogP contribution < -0.4 is 0 Å². The maximum atomic E-state index is 10.8. The molecular formula is C22H36O5Si. The van der Waals surface area contributed by atoms with E-state index in [0.29, 0.717) is 13.2 Å². The number of hydrogen-bond donors (Lipinski definition) is 1. The number of ether oxygens (including phenoxy) is 3. The van der Waals surface area contributed by atoms with Crippen molar-refractivity contribution in [2.24, 2.45) is 0 Å². The minimum absolute atomic E-state index is 0.00792. The number of benzene rings is 1. The summed E-state index contributed by atoms with van der Waals surface area (Å²) in [7, 11) is -2.15. The lowest BCUT2D eigenvalue weighted by Crippen LogP contribution is -2.62. The van der Waals surface area contributed by atoms with E-state index in [1.54, 1.807) is 6.08 Å². The standard InChI is InChI=1S/C22H36O5Si/c1-8-14-24-21-20(27-28(6,7)22(3,4)5)19(18(23)16(2)26-21)25-15-17-12-10-9-11-13-17/h8-13,16,18-21,23H,1,14-15H2,2-7H3/t16?,18-,19?,20?,21-/m0/s1. The summed E-state index contributed by atoms with van der Waals surface area (Å²) in [6.07, 6.45) is -1.23. The van der Waals surface area contributed by atoms with Crippen molar-refractivity contribution in [1.29, 1.82) is 0 Å². The van der Waals surface area contributed by atoms with Crippen LogP contribution in [0.3, 0.4) is 0 Å². The first-order valence-electron chi connectivity index (χ1n) is 9.96. The molecule has 2 rings (SSSR count). The third kappa shape index (κ3) is 5.75. The van der Waals surface area contributed by atoms with E-state index in [4.69, 9.17) is 18.6 Å². The van der Waals surface area contributed by atoms with Crippen molar-refractivity contribution in [2.45, 2.75) is 83.1 Å². The van der Waals surface area contributed by atoms with Gasteiger partial charge in [-0.2, -0.15) is 0 Å². The predicted octanol–water partition coefficient (Wildman–Crippen LogP) is 4.27. The Morgan fingerprint density at radius 3 is 2.36 bits per heavy atom. The van der Waals surface area contributed by atoms with E-state index in [9.17, 15) is 5.11 Å². The minimum Gasteiger partial charge on any atom is -0.406 e. The van der Waals surface area contributed by atoms with Gasteiger partial charge in [0.05, 0.1) is 19.3 Å². The molecule has 1 aliphatic heterocycles. The maximum absolute atomic E-state index is 10.8. The van der Waals surface area contributed by atoms with Crippen LogP contribution in [0.2, 0.25) is 18.1 Å². The fourth-order valence-corrected chi connectivity index (χ4v) is 4.16. The molecule has 6 heteroatoms. The quantitative estimate of drug-likeness (QED) is 0.514. The largest absolute Gasteiger partial charge is 0.406 e. The van der Waals surface area contributed by atoms with Gasteiger partial charge in [-0.05, 0) is 30.6 Å². The van der Waals surface area contributed by atoms with Crippen LogP contribution in [0.25, 0.3) is 0 Å². The van der Waals surface area contributed by atoms with Gasteiger partial charge in [0.2, 0.25) is 0 Å². The van der Waals surface area contributed by atoms with Gasteiger partial charge in [0.1, 0.15) is 18.3 Å². The smallest absolute Gasteiger partial charge is 0.192 e. The van der Waals surface area contributed by atoms with Gasteiger partial charge in [-0.1, -0.05) is 57.2 Å². The first-order chi connectivity index (χ1) is 13.1. The zero-order chi connectivity index (χ0) is 20.9. The summed E-state index contributed by atoms with van der Waals surface area (Å²) in [4.78, 5) is 0. The fourth-order valence-electron chi connectivity index (χ4n) is 2.88. The molecule has 0 bridgehead atoms. The highest BCUT2D eigenvalue weighted by Gasteiger charge is 2.50. The van der Waals surface area contributed by atoms with Gasteiger partial charge in [-0.15, -0.1) is 6.58 Å². The average Bonchev–Trinajstić information content (AvgIpc) is 2.63. The normalized spacial score (nSPS) is 28.9. The number of rotatable bonds is 8. The first-order valence-corrected chi connectivity index (χ1v) is 12.9. The lowest BCUT2D eigenvalue weighted by Gasteiger charge is -2.48. The van der Waals surface area contributed by atoms with Crippen molar-refractivity contribution in [3.8, 4) is 0 Å². The second kappa shape index (κ2) is 9.65. The Morgan fingerprint density at radius 1 is 1.14 bits per heavy atom. The van der Waals surface area contributed by atoms with E-state index in [-0.39, 0.29) is 5.04 Å². The molecule has 1 fully saturated rings. The molecular weight excluding hydrogens is 372 g/mol.